The maximum Gasteiger partial charge on any atom is 0.119 e. The van der Waals surface area contributed by atoms with E-state index in [1.54, 1.807) is 7.11 Å². The first kappa shape index (κ1) is 13.0. The van der Waals surface area contributed by atoms with Crippen LogP contribution in [0.4, 0.5) is 0 Å². The van der Waals surface area contributed by atoms with Gasteiger partial charge in [0.25, 0.3) is 0 Å². The van der Waals surface area contributed by atoms with Crippen LogP contribution in [0.3, 0.4) is 0 Å². The van der Waals surface area contributed by atoms with Gasteiger partial charge in [-0.15, -0.1) is 5.10 Å². The van der Waals surface area contributed by atoms with Crippen molar-refractivity contribution in [3.05, 3.63) is 40.4 Å². The molecule has 2 rings (SSSR count). The largest absolute Gasteiger partial charge is 0.497 e. The highest BCUT2D eigenvalue weighted by Crippen LogP contribution is 2.27. The molecule has 1 aromatic heterocycles. The van der Waals surface area contributed by atoms with Crippen LogP contribution in [0.5, 0.6) is 5.75 Å². The van der Waals surface area contributed by atoms with Crippen LogP contribution in [0.25, 0.3) is 0 Å². The Labute approximate surface area is 111 Å². The Kier molecular flexibility index (Phi) is 4.28. The monoisotopic (exact) mass is 263 g/mol. The van der Waals surface area contributed by atoms with E-state index < -0.39 is 0 Å². The summed E-state index contributed by atoms with van der Waals surface area (Å²) in [4.78, 5) is 1.05. The number of methoxy groups -OCH3 is 1. The molecule has 18 heavy (non-hydrogen) atoms. The van der Waals surface area contributed by atoms with Crippen LogP contribution in [0.2, 0.25) is 0 Å². The third-order valence-corrected chi connectivity index (χ3v) is 3.66. The smallest absolute Gasteiger partial charge is 0.119 e. The summed E-state index contributed by atoms with van der Waals surface area (Å²) in [5.74, 6) is 0.817. The normalized spacial score (nSPS) is 12.4. The van der Waals surface area contributed by atoms with Crippen molar-refractivity contribution in [3.63, 3.8) is 0 Å². The number of hydrogen-bond donors (Lipinski definition) is 1. The summed E-state index contributed by atoms with van der Waals surface area (Å²) in [6.07, 6.45) is 1.97. The van der Waals surface area contributed by atoms with Gasteiger partial charge in [-0.3, -0.25) is 0 Å². The van der Waals surface area contributed by atoms with Gasteiger partial charge in [-0.1, -0.05) is 30.0 Å². The Bertz CT molecular complexity index is 512. The zero-order chi connectivity index (χ0) is 13.0. The van der Waals surface area contributed by atoms with Crippen molar-refractivity contribution in [2.75, 3.05) is 7.11 Å². The molecule has 0 saturated heterocycles. The maximum absolute atomic E-state index is 6.29. The lowest BCUT2D eigenvalue weighted by Gasteiger charge is -2.12. The quantitative estimate of drug-likeness (QED) is 0.900. The van der Waals surface area contributed by atoms with E-state index in [0.717, 1.165) is 34.7 Å². The second-order valence-corrected chi connectivity index (χ2v) is 4.87. The molecule has 1 aromatic carbocycles. The van der Waals surface area contributed by atoms with Crippen LogP contribution in [0.15, 0.2) is 24.3 Å². The van der Waals surface area contributed by atoms with Gasteiger partial charge in [-0.25, -0.2) is 0 Å². The van der Waals surface area contributed by atoms with Crippen LogP contribution in [0, 0.1) is 0 Å². The lowest BCUT2D eigenvalue weighted by molar-refractivity contribution is 0.414. The summed E-state index contributed by atoms with van der Waals surface area (Å²) in [6.45, 7) is 2.13. The van der Waals surface area contributed by atoms with Crippen molar-refractivity contribution in [2.24, 2.45) is 5.73 Å². The van der Waals surface area contributed by atoms with E-state index in [9.17, 15) is 0 Å². The fourth-order valence-electron chi connectivity index (χ4n) is 1.85. The first-order chi connectivity index (χ1) is 8.76. The van der Waals surface area contributed by atoms with Crippen LogP contribution in [-0.4, -0.2) is 16.7 Å². The molecule has 0 saturated carbocycles. The molecule has 0 aliphatic heterocycles. The Morgan fingerprint density at radius 3 is 3.00 bits per heavy atom. The van der Waals surface area contributed by atoms with E-state index >= 15 is 0 Å². The molecule has 1 unspecified atom stereocenters. The van der Waals surface area contributed by atoms with E-state index in [2.05, 4.69) is 16.5 Å². The topological polar surface area (TPSA) is 61.0 Å². The van der Waals surface area contributed by atoms with E-state index in [1.165, 1.54) is 11.5 Å². The molecule has 0 aliphatic rings. The average molecular weight is 263 g/mol. The first-order valence-corrected chi connectivity index (χ1v) is 6.74. The minimum atomic E-state index is -0.179. The molecule has 4 nitrogen and oxygen atoms in total. The highest BCUT2D eigenvalue weighted by molar-refractivity contribution is 7.05. The average Bonchev–Trinajstić information content (AvgIpc) is 2.86. The van der Waals surface area contributed by atoms with Crippen LogP contribution < -0.4 is 10.5 Å². The van der Waals surface area contributed by atoms with Crippen molar-refractivity contribution in [1.29, 1.82) is 0 Å². The van der Waals surface area contributed by atoms with Crippen molar-refractivity contribution in [2.45, 2.75) is 25.8 Å². The molecule has 1 heterocycles. The third kappa shape index (κ3) is 2.68. The predicted molar refractivity (Wildman–Crippen MR) is 72.9 cm³/mol. The van der Waals surface area contributed by atoms with E-state index in [0.29, 0.717) is 0 Å². The van der Waals surface area contributed by atoms with Gasteiger partial charge in [0.2, 0.25) is 0 Å². The van der Waals surface area contributed by atoms with Gasteiger partial charge in [-0.05, 0) is 35.6 Å². The maximum atomic E-state index is 6.29. The number of aromatic nitrogens is 2. The molecule has 1 atom stereocenters. The Hall–Kier alpha value is -1.46. The zero-order valence-electron chi connectivity index (χ0n) is 10.6. The summed E-state index contributed by atoms with van der Waals surface area (Å²) in [6, 6.07) is 7.64. The standard InChI is InChI=1S/C13H17N3OS/c1-3-5-11-13(18-16-15-11)12(14)9-6-4-7-10(8-9)17-2/h4,6-8,12H,3,5,14H2,1-2H3. The summed E-state index contributed by atoms with van der Waals surface area (Å²) >= 11 is 1.38. The Morgan fingerprint density at radius 1 is 1.44 bits per heavy atom. The Balaban J connectivity index is 2.29. The second kappa shape index (κ2) is 5.93. The number of aryl methyl sites for hydroxylation is 1. The molecule has 0 spiro atoms. The van der Waals surface area contributed by atoms with Crippen LogP contribution >= 0.6 is 11.5 Å². The van der Waals surface area contributed by atoms with Gasteiger partial charge in [0.05, 0.1) is 23.7 Å². The third-order valence-electron chi connectivity index (χ3n) is 2.81. The van der Waals surface area contributed by atoms with Gasteiger partial charge in [0, 0.05) is 0 Å². The number of rotatable bonds is 5. The van der Waals surface area contributed by atoms with Crippen LogP contribution in [-0.2, 0) is 6.42 Å². The van der Waals surface area contributed by atoms with Gasteiger partial charge in [0.15, 0.2) is 0 Å². The summed E-state index contributed by atoms with van der Waals surface area (Å²) in [5.41, 5.74) is 8.33. The number of ether oxygens (including phenoxy) is 1. The minimum Gasteiger partial charge on any atom is -0.497 e. The molecule has 0 aliphatic carbocycles. The van der Waals surface area contributed by atoms with Gasteiger partial charge in [0.1, 0.15) is 5.75 Å². The molecule has 96 valence electrons. The summed E-state index contributed by atoms with van der Waals surface area (Å²) < 4.78 is 9.23. The molecule has 0 bridgehead atoms. The summed E-state index contributed by atoms with van der Waals surface area (Å²) in [5, 5.41) is 4.15. The molecular weight excluding hydrogens is 246 g/mol. The Morgan fingerprint density at radius 2 is 2.28 bits per heavy atom. The predicted octanol–water partition coefficient (Wildman–Crippen LogP) is 2.55. The van der Waals surface area contributed by atoms with E-state index in [1.807, 2.05) is 24.3 Å². The van der Waals surface area contributed by atoms with Crippen molar-refractivity contribution in [1.82, 2.24) is 9.59 Å². The van der Waals surface area contributed by atoms with Gasteiger partial charge in [-0.2, -0.15) is 0 Å². The lowest BCUT2D eigenvalue weighted by Crippen LogP contribution is -2.12. The number of benzene rings is 1. The highest BCUT2D eigenvalue weighted by atomic mass is 32.1. The van der Waals surface area contributed by atoms with Gasteiger partial charge >= 0.3 is 0 Å². The van der Waals surface area contributed by atoms with Crippen molar-refractivity contribution < 1.29 is 4.74 Å². The first-order valence-electron chi connectivity index (χ1n) is 5.97. The number of hydrogen-bond acceptors (Lipinski definition) is 5. The van der Waals surface area contributed by atoms with Crippen LogP contribution in [0.1, 0.15) is 35.5 Å². The molecule has 2 aromatic rings. The molecule has 0 radical (unpaired) electrons. The van der Waals surface area contributed by atoms with Crippen molar-refractivity contribution in [3.8, 4) is 5.75 Å². The molecular formula is C13H17N3OS. The van der Waals surface area contributed by atoms with Crippen molar-refractivity contribution >= 4 is 11.5 Å². The lowest BCUT2D eigenvalue weighted by atomic mass is 10.0. The molecule has 0 fully saturated rings. The zero-order valence-corrected chi connectivity index (χ0v) is 11.4. The fourth-order valence-corrected chi connectivity index (χ4v) is 2.57. The minimum absolute atomic E-state index is 0.179. The fraction of sp³-hybridized carbons (Fsp3) is 0.385. The van der Waals surface area contributed by atoms with Gasteiger partial charge < -0.3 is 10.5 Å². The highest BCUT2D eigenvalue weighted by Gasteiger charge is 2.17. The molecule has 5 heteroatoms. The summed E-state index contributed by atoms with van der Waals surface area (Å²) in [7, 11) is 1.65. The SMILES string of the molecule is CCCc1nnsc1C(N)c1cccc(OC)c1. The second-order valence-electron chi connectivity index (χ2n) is 4.09. The van der Waals surface area contributed by atoms with E-state index in [4.69, 9.17) is 10.5 Å². The number of nitrogens with zero attached hydrogens (tertiary/aromatic N) is 2. The van der Waals surface area contributed by atoms with E-state index in [-0.39, 0.29) is 6.04 Å². The number of nitrogens with two attached hydrogens (primary N) is 1. The molecule has 0 amide bonds. The molecule has 2 N–H and O–H groups in total.